The van der Waals surface area contributed by atoms with Crippen LogP contribution in [0.5, 0.6) is 0 Å². The lowest BCUT2D eigenvalue weighted by Crippen LogP contribution is -2.27. The number of hydrogen-bond acceptors (Lipinski definition) is 5. The SMILES string of the molecule is CN(Cc1cnn(Cc2ccccc2)c1)C(=O)c1nc(-c2cccs2)n(-c2ccccc2)n1. The van der Waals surface area contributed by atoms with E-state index in [1.54, 1.807) is 34.2 Å². The van der Waals surface area contributed by atoms with Gasteiger partial charge in [0.1, 0.15) is 0 Å². The van der Waals surface area contributed by atoms with Crippen molar-refractivity contribution >= 4 is 17.2 Å². The Morgan fingerprint density at radius 2 is 1.73 bits per heavy atom. The lowest BCUT2D eigenvalue weighted by atomic mass is 10.2. The van der Waals surface area contributed by atoms with Gasteiger partial charge in [0.2, 0.25) is 5.82 Å². The van der Waals surface area contributed by atoms with Crippen molar-refractivity contribution in [3.8, 4) is 16.4 Å². The van der Waals surface area contributed by atoms with Gasteiger partial charge in [-0.3, -0.25) is 9.48 Å². The monoisotopic (exact) mass is 454 g/mol. The molecule has 3 aromatic heterocycles. The molecule has 164 valence electrons. The molecular weight excluding hydrogens is 432 g/mol. The average molecular weight is 455 g/mol. The second-order valence-corrected chi connectivity index (χ2v) is 8.62. The highest BCUT2D eigenvalue weighted by Gasteiger charge is 2.22. The second kappa shape index (κ2) is 9.22. The number of benzene rings is 2. The molecule has 0 spiro atoms. The highest BCUT2D eigenvalue weighted by Crippen LogP contribution is 2.25. The van der Waals surface area contributed by atoms with E-state index in [0.29, 0.717) is 18.9 Å². The maximum absolute atomic E-state index is 13.2. The third-order valence-corrected chi connectivity index (χ3v) is 6.05. The van der Waals surface area contributed by atoms with Crippen molar-refractivity contribution in [1.82, 2.24) is 29.4 Å². The van der Waals surface area contributed by atoms with Crippen LogP contribution in [0.15, 0.2) is 90.6 Å². The van der Waals surface area contributed by atoms with E-state index in [0.717, 1.165) is 16.1 Å². The molecule has 1 amide bonds. The molecule has 0 N–H and O–H groups in total. The molecule has 0 aliphatic carbocycles. The van der Waals surface area contributed by atoms with E-state index in [9.17, 15) is 4.79 Å². The van der Waals surface area contributed by atoms with Crippen molar-refractivity contribution in [1.29, 1.82) is 0 Å². The summed E-state index contributed by atoms with van der Waals surface area (Å²) in [7, 11) is 1.75. The molecule has 0 atom stereocenters. The van der Waals surface area contributed by atoms with Gasteiger partial charge in [-0.05, 0) is 29.1 Å². The summed E-state index contributed by atoms with van der Waals surface area (Å²) in [5.41, 5.74) is 2.98. The Bertz CT molecular complexity index is 1340. The smallest absolute Gasteiger partial charge is 0.293 e. The Morgan fingerprint density at radius 1 is 0.970 bits per heavy atom. The molecule has 33 heavy (non-hydrogen) atoms. The van der Waals surface area contributed by atoms with Crippen LogP contribution in [0.25, 0.3) is 16.4 Å². The molecule has 0 unspecified atom stereocenters. The summed E-state index contributed by atoms with van der Waals surface area (Å²) in [6, 6.07) is 23.8. The van der Waals surface area contributed by atoms with Crippen LogP contribution in [-0.2, 0) is 13.1 Å². The lowest BCUT2D eigenvalue weighted by Gasteiger charge is -2.13. The fourth-order valence-corrected chi connectivity index (χ4v) is 4.28. The van der Waals surface area contributed by atoms with Crippen LogP contribution < -0.4 is 0 Å². The average Bonchev–Trinajstić information content (AvgIpc) is 3.61. The number of carbonyl (C=O) groups is 1. The lowest BCUT2D eigenvalue weighted by molar-refractivity contribution is 0.0773. The number of nitrogens with zero attached hydrogens (tertiary/aromatic N) is 6. The van der Waals surface area contributed by atoms with Gasteiger partial charge < -0.3 is 4.90 Å². The number of carbonyl (C=O) groups excluding carboxylic acids is 1. The van der Waals surface area contributed by atoms with Gasteiger partial charge >= 0.3 is 0 Å². The van der Waals surface area contributed by atoms with E-state index in [1.165, 1.54) is 5.56 Å². The Morgan fingerprint density at radius 3 is 2.45 bits per heavy atom. The van der Waals surface area contributed by atoms with Crippen LogP contribution in [0.4, 0.5) is 0 Å². The molecular formula is C25H22N6OS. The molecule has 5 rings (SSSR count). The van der Waals surface area contributed by atoms with Crippen LogP contribution in [0.2, 0.25) is 0 Å². The molecule has 7 nitrogen and oxygen atoms in total. The van der Waals surface area contributed by atoms with E-state index < -0.39 is 0 Å². The molecule has 0 bridgehead atoms. The maximum atomic E-state index is 13.2. The predicted molar refractivity (Wildman–Crippen MR) is 128 cm³/mol. The van der Waals surface area contributed by atoms with E-state index in [2.05, 4.69) is 27.3 Å². The van der Waals surface area contributed by atoms with Crippen LogP contribution >= 0.6 is 11.3 Å². The van der Waals surface area contributed by atoms with Gasteiger partial charge in [0.15, 0.2) is 5.82 Å². The van der Waals surface area contributed by atoms with Crippen LogP contribution in [0.3, 0.4) is 0 Å². The summed E-state index contributed by atoms with van der Waals surface area (Å²) < 4.78 is 3.60. The molecule has 3 heterocycles. The molecule has 0 saturated heterocycles. The molecule has 0 radical (unpaired) electrons. The van der Waals surface area contributed by atoms with Crippen molar-refractivity contribution in [2.75, 3.05) is 7.05 Å². The molecule has 0 saturated carbocycles. The Balaban J connectivity index is 1.35. The fourth-order valence-electron chi connectivity index (χ4n) is 3.58. The van der Waals surface area contributed by atoms with Gasteiger partial charge in [-0.1, -0.05) is 54.6 Å². The summed E-state index contributed by atoms with van der Waals surface area (Å²) in [6.07, 6.45) is 3.75. The first-order chi connectivity index (χ1) is 16.2. The summed E-state index contributed by atoms with van der Waals surface area (Å²) in [6.45, 7) is 1.10. The zero-order valence-corrected chi connectivity index (χ0v) is 18.9. The normalized spacial score (nSPS) is 10.9. The minimum absolute atomic E-state index is 0.168. The minimum Gasteiger partial charge on any atom is -0.334 e. The Hall–Kier alpha value is -4.04. The van der Waals surface area contributed by atoms with Crippen molar-refractivity contribution in [3.05, 3.63) is 108 Å². The highest BCUT2D eigenvalue weighted by molar-refractivity contribution is 7.13. The number of para-hydroxylation sites is 1. The quantitative estimate of drug-likeness (QED) is 0.363. The number of rotatable bonds is 7. The van der Waals surface area contributed by atoms with Crippen molar-refractivity contribution in [3.63, 3.8) is 0 Å². The fraction of sp³-hybridized carbons (Fsp3) is 0.120. The van der Waals surface area contributed by atoms with E-state index in [1.807, 2.05) is 76.9 Å². The first-order valence-corrected chi connectivity index (χ1v) is 11.4. The molecule has 2 aromatic carbocycles. The zero-order chi connectivity index (χ0) is 22.6. The largest absolute Gasteiger partial charge is 0.334 e. The van der Waals surface area contributed by atoms with Gasteiger partial charge in [0.05, 0.1) is 23.3 Å². The number of thiophene rings is 1. The second-order valence-electron chi connectivity index (χ2n) is 7.68. The maximum Gasteiger partial charge on any atom is 0.293 e. The highest BCUT2D eigenvalue weighted by atomic mass is 32.1. The van der Waals surface area contributed by atoms with Crippen LogP contribution in [0, 0.1) is 0 Å². The predicted octanol–water partition coefficient (Wildman–Crippen LogP) is 4.51. The van der Waals surface area contributed by atoms with E-state index >= 15 is 0 Å². The van der Waals surface area contributed by atoms with Gasteiger partial charge in [-0.15, -0.1) is 16.4 Å². The summed E-state index contributed by atoms with van der Waals surface area (Å²) >= 11 is 1.57. The van der Waals surface area contributed by atoms with Crippen molar-refractivity contribution in [2.24, 2.45) is 0 Å². The molecule has 8 heteroatoms. The third kappa shape index (κ3) is 4.61. The van der Waals surface area contributed by atoms with Gasteiger partial charge in [0.25, 0.3) is 5.91 Å². The number of amides is 1. The van der Waals surface area contributed by atoms with Crippen molar-refractivity contribution < 1.29 is 4.79 Å². The van der Waals surface area contributed by atoms with Gasteiger partial charge in [-0.2, -0.15) is 5.10 Å². The number of hydrogen-bond donors (Lipinski definition) is 0. The van der Waals surface area contributed by atoms with Crippen LogP contribution in [-0.4, -0.2) is 42.4 Å². The van der Waals surface area contributed by atoms with E-state index in [-0.39, 0.29) is 11.7 Å². The summed E-state index contributed by atoms with van der Waals surface area (Å²) in [5.74, 6) is 0.586. The van der Waals surface area contributed by atoms with Crippen molar-refractivity contribution in [2.45, 2.75) is 13.1 Å². The molecule has 0 fully saturated rings. The number of aromatic nitrogens is 5. The Kier molecular flexibility index (Phi) is 5.82. The first kappa shape index (κ1) is 20.8. The minimum atomic E-state index is -0.238. The summed E-state index contributed by atoms with van der Waals surface area (Å²) in [5, 5.41) is 11.0. The summed E-state index contributed by atoms with van der Waals surface area (Å²) in [4.78, 5) is 20.4. The van der Waals surface area contributed by atoms with Gasteiger partial charge in [-0.25, -0.2) is 9.67 Å². The third-order valence-electron chi connectivity index (χ3n) is 5.18. The van der Waals surface area contributed by atoms with E-state index in [4.69, 9.17) is 0 Å². The van der Waals surface area contributed by atoms with Gasteiger partial charge in [0, 0.05) is 25.4 Å². The Labute approximate surface area is 195 Å². The van der Waals surface area contributed by atoms with Crippen LogP contribution in [0.1, 0.15) is 21.7 Å². The molecule has 5 aromatic rings. The standard InChI is InChI=1S/C25H22N6OS/c1-29(16-20-15-26-30(18-20)17-19-9-4-2-5-10-19)25(32)23-27-24(22-13-8-14-33-22)31(28-23)21-11-6-3-7-12-21/h2-15,18H,16-17H2,1H3. The zero-order valence-electron chi connectivity index (χ0n) is 18.1. The molecule has 0 aliphatic heterocycles. The first-order valence-electron chi connectivity index (χ1n) is 10.5. The topological polar surface area (TPSA) is 68.8 Å². The molecule has 0 aliphatic rings.